The number of nitrogens with zero attached hydrogens (tertiary/aromatic N) is 7. The van der Waals surface area contributed by atoms with Gasteiger partial charge >= 0.3 is 15.7 Å². The first-order chi connectivity index (χ1) is 23.1. The highest BCUT2D eigenvalue weighted by Crippen LogP contribution is 2.39. The molecule has 1 aliphatic heterocycles. The average Bonchev–Trinajstić information content (AvgIpc) is 3.46. The van der Waals surface area contributed by atoms with Crippen LogP contribution in [0.1, 0.15) is 24.3 Å². The van der Waals surface area contributed by atoms with Crippen LogP contribution in [0.15, 0.2) is 82.5 Å². The summed E-state index contributed by atoms with van der Waals surface area (Å²) >= 11 is 0. The lowest BCUT2D eigenvalue weighted by Gasteiger charge is -2.32. The molecule has 5 heterocycles. The molecular weight excluding hydrogens is 632 g/mol. The summed E-state index contributed by atoms with van der Waals surface area (Å²) in [7, 11) is -1.66. The van der Waals surface area contributed by atoms with E-state index in [0.717, 1.165) is 61.1 Å². The van der Waals surface area contributed by atoms with Crippen LogP contribution < -0.4 is 15.5 Å². The fraction of sp³-hybridized carbons (Fsp3) is 0.265. The van der Waals surface area contributed by atoms with Gasteiger partial charge in [0.05, 0.1) is 23.2 Å². The highest BCUT2D eigenvalue weighted by atomic mass is 32.2. The van der Waals surface area contributed by atoms with Gasteiger partial charge < -0.3 is 19.2 Å². The molecule has 0 spiro atoms. The Morgan fingerprint density at radius 3 is 2.52 bits per heavy atom. The third kappa shape index (κ3) is 6.12. The Morgan fingerprint density at radius 1 is 0.979 bits per heavy atom. The normalized spacial score (nSPS) is 15.2. The van der Waals surface area contributed by atoms with E-state index in [0.29, 0.717) is 33.4 Å². The van der Waals surface area contributed by atoms with Gasteiger partial charge in [-0.05, 0) is 43.3 Å². The van der Waals surface area contributed by atoms with Crippen LogP contribution >= 0.6 is 0 Å². The predicted molar refractivity (Wildman–Crippen MR) is 183 cm³/mol. The Morgan fingerprint density at radius 2 is 1.75 bits per heavy atom. The Hall–Kier alpha value is -5.18. The maximum atomic E-state index is 13.4. The largest absolute Gasteiger partial charge is 0.424 e. The zero-order chi connectivity index (χ0) is 33.6. The van der Waals surface area contributed by atoms with Crippen molar-refractivity contribution in [1.29, 1.82) is 0 Å². The molecule has 14 heteroatoms. The molecular formula is C34H34N8O5S. The Bertz CT molecular complexity index is 2330. The highest BCUT2D eigenvalue weighted by molar-refractivity contribution is 7.86. The number of hydrogen-bond donors (Lipinski definition) is 1. The standard InChI is InChI=1S/C34H34N8O5S/c1-21(42-33-29(32(35)37-20-38-33)30(39-42)24-16-25(18-36-17-24)47-48(3,44)45)31-28(26-9-4-5-10-27(26)34(43)46-31)23-8-6-7-22(15-23)19-41-13-11-40(2)12-14-41/h4-10,15-18,20-21H,11-14,19H2,1-3H3,(H2,35,37,38)/t21-/m0/s1. The van der Waals surface area contributed by atoms with Crippen molar-refractivity contribution in [3.8, 4) is 28.1 Å². The van der Waals surface area contributed by atoms with E-state index in [2.05, 4.69) is 43.9 Å². The monoisotopic (exact) mass is 666 g/mol. The fourth-order valence-corrected chi connectivity index (χ4v) is 6.69. The van der Waals surface area contributed by atoms with Gasteiger partial charge in [-0.2, -0.15) is 13.5 Å². The van der Waals surface area contributed by atoms with Crippen LogP contribution in [-0.2, 0) is 16.7 Å². The van der Waals surface area contributed by atoms with Gasteiger partial charge in [0.1, 0.15) is 29.6 Å². The van der Waals surface area contributed by atoms with Gasteiger partial charge in [0.15, 0.2) is 11.4 Å². The number of likely N-dealkylation sites (N-methyl/N-ethyl adjacent to an activating group) is 1. The minimum Gasteiger partial charge on any atom is -0.424 e. The summed E-state index contributed by atoms with van der Waals surface area (Å²) in [6.45, 7) is 6.71. The SMILES string of the molecule is C[C@@H](c1oc(=O)c2ccccc2c1-c1cccc(CN2CCN(C)CC2)c1)n1nc(-c2cncc(OS(C)(=O)=O)c2)c2c(N)ncnc21. The molecule has 2 N–H and O–H groups in total. The lowest BCUT2D eigenvalue weighted by atomic mass is 9.94. The quantitative estimate of drug-likeness (QED) is 0.233. The summed E-state index contributed by atoms with van der Waals surface area (Å²) in [6.07, 6.45) is 5.10. The number of anilines is 1. The number of rotatable bonds is 8. The molecule has 48 heavy (non-hydrogen) atoms. The maximum absolute atomic E-state index is 13.4. The van der Waals surface area contributed by atoms with E-state index in [4.69, 9.17) is 19.4 Å². The van der Waals surface area contributed by atoms with E-state index in [-0.39, 0.29) is 11.6 Å². The van der Waals surface area contributed by atoms with Crippen LogP contribution in [0.25, 0.3) is 44.2 Å². The molecule has 246 valence electrons. The molecule has 2 aromatic carbocycles. The summed E-state index contributed by atoms with van der Waals surface area (Å²) in [6, 6.07) is 16.6. The second-order valence-electron chi connectivity index (χ2n) is 12.1. The van der Waals surface area contributed by atoms with Gasteiger partial charge in [0.2, 0.25) is 0 Å². The van der Waals surface area contributed by atoms with Gasteiger partial charge in [-0.1, -0.05) is 36.4 Å². The Labute approximate surface area is 276 Å². The average molecular weight is 667 g/mol. The number of nitrogens with two attached hydrogens (primary N) is 1. The van der Waals surface area contributed by atoms with E-state index in [9.17, 15) is 13.2 Å². The summed E-state index contributed by atoms with van der Waals surface area (Å²) in [5, 5.41) is 6.56. The topological polar surface area (TPSA) is 163 Å². The molecule has 0 bridgehead atoms. The van der Waals surface area contributed by atoms with Gasteiger partial charge in [-0.3, -0.25) is 9.88 Å². The van der Waals surface area contributed by atoms with E-state index < -0.39 is 21.8 Å². The minimum atomic E-state index is -3.80. The second kappa shape index (κ2) is 12.4. The van der Waals surface area contributed by atoms with Gasteiger partial charge in [0.25, 0.3) is 0 Å². The molecule has 6 aromatic rings. The number of fused-ring (bicyclic) bond motifs is 2. The van der Waals surface area contributed by atoms with Crippen molar-refractivity contribution in [1.82, 2.24) is 34.5 Å². The first kappa shape index (κ1) is 31.4. The number of aromatic nitrogens is 5. The fourth-order valence-electron chi connectivity index (χ4n) is 6.25. The van der Waals surface area contributed by atoms with Crippen molar-refractivity contribution in [2.45, 2.75) is 19.5 Å². The number of pyridine rings is 1. The van der Waals surface area contributed by atoms with E-state index in [1.165, 1.54) is 24.8 Å². The second-order valence-corrected chi connectivity index (χ2v) is 13.7. The summed E-state index contributed by atoms with van der Waals surface area (Å²) in [5.74, 6) is 0.580. The van der Waals surface area contributed by atoms with Crippen LogP contribution in [0.2, 0.25) is 0 Å². The van der Waals surface area contributed by atoms with Crippen molar-refractivity contribution in [2.24, 2.45) is 0 Å². The Balaban J connectivity index is 1.38. The van der Waals surface area contributed by atoms with Crippen LogP contribution in [-0.4, -0.2) is 82.4 Å². The zero-order valence-electron chi connectivity index (χ0n) is 26.7. The lowest BCUT2D eigenvalue weighted by molar-refractivity contribution is 0.148. The van der Waals surface area contributed by atoms with Gasteiger partial charge in [0, 0.05) is 55.4 Å². The summed E-state index contributed by atoms with van der Waals surface area (Å²) < 4.78 is 36.5. The maximum Gasteiger partial charge on any atom is 0.343 e. The molecule has 0 radical (unpaired) electrons. The molecule has 1 saturated heterocycles. The number of piperazine rings is 1. The molecule has 0 saturated carbocycles. The molecule has 0 unspecified atom stereocenters. The first-order valence-electron chi connectivity index (χ1n) is 15.5. The van der Waals surface area contributed by atoms with Crippen molar-refractivity contribution < 1.29 is 17.0 Å². The molecule has 0 amide bonds. The summed E-state index contributed by atoms with van der Waals surface area (Å²) in [5.41, 5.74) is 9.93. The van der Waals surface area contributed by atoms with Crippen LogP contribution in [0.5, 0.6) is 5.75 Å². The molecule has 0 aliphatic carbocycles. The number of hydrogen-bond acceptors (Lipinski definition) is 12. The zero-order valence-corrected chi connectivity index (χ0v) is 27.5. The molecule has 1 fully saturated rings. The van der Waals surface area contributed by atoms with Crippen LogP contribution in [0.3, 0.4) is 0 Å². The van der Waals surface area contributed by atoms with Crippen LogP contribution in [0, 0.1) is 0 Å². The van der Waals surface area contributed by atoms with E-state index in [1.54, 1.807) is 10.7 Å². The third-order valence-electron chi connectivity index (χ3n) is 8.58. The Kier molecular flexibility index (Phi) is 8.15. The minimum absolute atomic E-state index is 0.0143. The van der Waals surface area contributed by atoms with Crippen LogP contribution in [0.4, 0.5) is 5.82 Å². The number of benzene rings is 2. The molecule has 7 rings (SSSR count). The van der Waals surface area contributed by atoms with Gasteiger partial charge in [-0.15, -0.1) is 0 Å². The molecule has 1 aliphatic rings. The van der Waals surface area contributed by atoms with E-state index in [1.807, 2.05) is 37.3 Å². The van der Waals surface area contributed by atoms with Crippen molar-refractivity contribution >= 4 is 37.7 Å². The number of nitrogen functional groups attached to an aromatic ring is 1. The van der Waals surface area contributed by atoms with Crippen molar-refractivity contribution in [2.75, 3.05) is 45.2 Å². The smallest absolute Gasteiger partial charge is 0.343 e. The van der Waals surface area contributed by atoms with E-state index >= 15 is 0 Å². The lowest BCUT2D eigenvalue weighted by Crippen LogP contribution is -2.43. The third-order valence-corrected chi connectivity index (χ3v) is 9.08. The van der Waals surface area contributed by atoms with Gasteiger partial charge in [-0.25, -0.2) is 19.4 Å². The predicted octanol–water partition coefficient (Wildman–Crippen LogP) is 3.94. The van der Waals surface area contributed by atoms with Crippen molar-refractivity contribution in [3.05, 3.63) is 95.1 Å². The first-order valence-corrected chi connectivity index (χ1v) is 17.3. The highest BCUT2D eigenvalue weighted by Gasteiger charge is 2.27. The van der Waals surface area contributed by atoms with Crippen molar-refractivity contribution in [3.63, 3.8) is 0 Å². The molecule has 4 aromatic heterocycles. The molecule has 13 nitrogen and oxygen atoms in total. The molecule has 1 atom stereocenters. The summed E-state index contributed by atoms with van der Waals surface area (Å²) in [4.78, 5) is 31.1.